The number of nitrogens with two attached hydrogens (primary N) is 1. The standard InChI is InChI=1S/C9H17N.C7H9N/c1-2-9-5-3-7-10(9)8-4-6-9;8-6-7-4-2-1-3-5-7/h2-8H2,1H3;1-5H,6,8H2. The fraction of sp³-hybridized carbons (Fsp3) is 0.625. The number of nitrogens with zero attached hydrogens (tertiary/aromatic N) is 1. The van der Waals surface area contributed by atoms with Crippen molar-refractivity contribution in [3.63, 3.8) is 0 Å². The Balaban J connectivity index is 0.000000138. The van der Waals surface area contributed by atoms with E-state index in [1.54, 1.807) is 0 Å². The van der Waals surface area contributed by atoms with E-state index >= 15 is 0 Å². The van der Waals surface area contributed by atoms with Gasteiger partial charge in [-0.25, -0.2) is 0 Å². The van der Waals surface area contributed by atoms with Crippen molar-refractivity contribution in [3.05, 3.63) is 35.9 Å². The lowest BCUT2D eigenvalue weighted by Gasteiger charge is -2.30. The monoisotopic (exact) mass is 246 g/mol. The molecule has 0 bridgehead atoms. The maximum absolute atomic E-state index is 5.35. The first-order valence-corrected chi connectivity index (χ1v) is 7.30. The molecule has 0 radical (unpaired) electrons. The molecule has 0 aliphatic carbocycles. The zero-order chi connectivity index (χ0) is 12.8. The summed E-state index contributed by atoms with van der Waals surface area (Å²) in [6.45, 7) is 5.76. The minimum Gasteiger partial charge on any atom is -0.326 e. The molecule has 2 saturated heterocycles. The Hall–Kier alpha value is -0.860. The highest BCUT2D eigenvalue weighted by Crippen LogP contribution is 2.40. The quantitative estimate of drug-likeness (QED) is 0.868. The minimum absolute atomic E-state index is 0.640. The molecule has 2 fully saturated rings. The first-order chi connectivity index (χ1) is 8.80. The van der Waals surface area contributed by atoms with Crippen LogP contribution in [0.25, 0.3) is 0 Å². The highest BCUT2D eigenvalue weighted by Gasteiger charge is 2.42. The van der Waals surface area contributed by atoms with Gasteiger partial charge in [0, 0.05) is 12.1 Å². The van der Waals surface area contributed by atoms with Crippen molar-refractivity contribution in [2.24, 2.45) is 5.73 Å². The van der Waals surface area contributed by atoms with Crippen molar-refractivity contribution in [2.45, 2.75) is 51.1 Å². The van der Waals surface area contributed by atoms with Crippen molar-refractivity contribution in [1.82, 2.24) is 4.90 Å². The number of benzene rings is 1. The topological polar surface area (TPSA) is 29.3 Å². The summed E-state index contributed by atoms with van der Waals surface area (Å²) in [4.78, 5) is 2.72. The fourth-order valence-electron chi connectivity index (χ4n) is 3.42. The van der Waals surface area contributed by atoms with Crippen LogP contribution in [0.1, 0.15) is 44.6 Å². The summed E-state index contributed by atoms with van der Waals surface area (Å²) >= 11 is 0. The number of rotatable bonds is 2. The molecule has 2 nitrogen and oxygen atoms in total. The Labute approximate surface area is 111 Å². The van der Waals surface area contributed by atoms with Crippen molar-refractivity contribution in [2.75, 3.05) is 13.1 Å². The molecular weight excluding hydrogens is 220 g/mol. The fourth-order valence-corrected chi connectivity index (χ4v) is 3.42. The van der Waals surface area contributed by atoms with Crippen molar-refractivity contribution < 1.29 is 0 Å². The second-order valence-electron chi connectivity index (χ2n) is 5.46. The van der Waals surface area contributed by atoms with Gasteiger partial charge in [0.15, 0.2) is 0 Å². The molecule has 0 spiro atoms. The molecule has 2 heteroatoms. The molecule has 1 aromatic carbocycles. The third-order valence-corrected chi connectivity index (χ3v) is 4.55. The maximum Gasteiger partial charge on any atom is 0.0207 e. The molecule has 0 unspecified atom stereocenters. The summed E-state index contributed by atoms with van der Waals surface area (Å²) < 4.78 is 0. The van der Waals surface area contributed by atoms with E-state index < -0.39 is 0 Å². The third kappa shape index (κ3) is 2.93. The number of hydrogen-bond donors (Lipinski definition) is 1. The summed E-state index contributed by atoms with van der Waals surface area (Å²) in [6.07, 6.45) is 7.24. The Morgan fingerprint density at radius 3 is 2.11 bits per heavy atom. The van der Waals surface area contributed by atoms with Gasteiger partial charge in [0.1, 0.15) is 0 Å². The van der Waals surface area contributed by atoms with Crippen LogP contribution in [0, 0.1) is 0 Å². The van der Waals surface area contributed by atoms with Crippen molar-refractivity contribution >= 4 is 0 Å². The van der Waals surface area contributed by atoms with E-state index in [9.17, 15) is 0 Å². The van der Waals surface area contributed by atoms with E-state index in [1.807, 2.05) is 30.3 Å². The van der Waals surface area contributed by atoms with Crippen LogP contribution in [0.15, 0.2) is 30.3 Å². The first kappa shape index (κ1) is 13.6. The van der Waals surface area contributed by atoms with E-state index in [4.69, 9.17) is 5.73 Å². The Kier molecular flexibility index (Phi) is 4.79. The zero-order valence-electron chi connectivity index (χ0n) is 11.6. The summed E-state index contributed by atoms with van der Waals surface area (Å²) in [7, 11) is 0. The van der Waals surface area contributed by atoms with Crippen molar-refractivity contribution in [1.29, 1.82) is 0 Å². The predicted molar refractivity (Wildman–Crippen MR) is 77.4 cm³/mol. The molecule has 2 aliphatic rings. The van der Waals surface area contributed by atoms with Crippen LogP contribution in [0.5, 0.6) is 0 Å². The molecule has 0 amide bonds. The Bertz CT molecular complexity index is 337. The Morgan fingerprint density at radius 1 is 1.11 bits per heavy atom. The van der Waals surface area contributed by atoms with E-state index in [2.05, 4.69) is 11.8 Å². The maximum atomic E-state index is 5.35. The second-order valence-corrected chi connectivity index (χ2v) is 5.46. The second kappa shape index (κ2) is 6.35. The molecule has 0 saturated carbocycles. The predicted octanol–water partition coefficient (Wildman–Crippen LogP) is 3.17. The third-order valence-electron chi connectivity index (χ3n) is 4.55. The van der Waals surface area contributed by atoms with Crippen LogP contribution in [-0.4, -0.2) is 23.5 Å². The van der Waals surface area contributed by atoms with Crippen LogP contribution in [-0.2, 0) is 6.54 Å². The van der Waals surface area contributed by atoms with E-state index in [0.29, 0.717) is 12.1 Å². The number of hydrogen-bond acceptors (Lipinski definition) is 2. The molecule has 2 heterocycles. The lowest BCUT2D eigenvalue weighted by Crippen LogP contribution is -2.37. The molecule has 2 N–H and O–H groups in total. The highest BCUT2D eigenvalue weighted by molar-refractivity contribution is 5.13. The van der Waals surface area contributed by atoms with Gasteiger partial charge >= 0.3 is 0 Å². The highest BCUT2D eigenvalue weighted by atomic mass is 15.2. The van der Waals surface area contributed by atoms with Crippen LogP contribution >= 0.6 is 0 Å². The molecular formula is C16H26N2. The molecule has 3 rings (SSSR count). The van der Waals surface area contributed by atoms with E-state index in [0.717, 1.165) is 0 Å². The molecule has 0 aromatic heterocycles. The summed E-state index contributed by atoms with van der Waals surface area (Å²) in [5.74, 6) is 0. The van der Waals surface area contributed by atoms with Crippen LogP contribution < -0.4 is 5.73 Å². The van der Waals surface area contributed by atoms with Gasteiger partial charge in [-0.05, 0) is 50.8 Å². The summed E-state index contributed by atoms with van der Waals surface area (Å²) in [6, 6.07) is 9.99. The van der Waals surface area contributed by atoms with Gasteiger partial charge in [-0.2, -0.15) is 0 Å². The molecule has 0 atom stereocenters. The smallest absolute Gasteiger partial charge is 0.0207 e. The summed E-state index contributed by atoms with van der Waals surface area (Å²) in [5.41, 5.74) is 7.22. The molecule has 2 aliphatic heterocycles. The van der Waals surface area contributed by atoms with Crippen LogP contribution in [0.3, 0.4) is 0 Å². The van der Waals surface area contributed by atoms with Gasteiger partial charge in [-0.1, -0.05) is 37.3 Å². The molecule has 100 valence electrons. The first-order valence-electron chi connectivity index (χ1n) is 7.30. The molecule has 1 aromatic rings. The summed E-state index contributed by atoms with van der Waals surface area (Å²) in [5, 5.41) is 0. The van der Waals surface area contributed by atoms with Crippen LogP contribution in [0.4, 0.5) is 0 Å². The van der Waals surface area contributed by atoms with Gasteiger partial charge in [-0.15, -0.1) is 0 Å². The van der Waals surface area contributed by atoms with Gasteiger partial charge < -0.3 is 5.73 Å². The van der Waals surface area contributed by atoms with Crippen molar-refractivity contribution in [3.8, 4) is 0 Å². The van der Waals surface area contributed by atoms with E-state index in [-0.39, 0.29) is 0 Å². The average Bonchev–Trinajstić information content (AvgIpc) is 3.00. The zero-order valence-corrected chi connectivity index (χ0v) is 11.6. The average molecular weight is 246 g/mol. The van der Waals surface area contributed by atoms with Gasteiger partial charge in [0.25, 0.3) is 0 Å². The number of fused-ring (bicyclic) bond motifs is 1. The lowest BCUT2D eigenvalue weighted by atomic mass is 9.91. The molecule has 18 heavy (non-hydrogen) atoms. The van der Waals surface area contributed by atoms with Gasteiger partial charge in [0.2, 0.25) is 0 Å². The largest absolute Gasteiger partial charge is 0.326 e. The minimum atomic E-state index is 0.640. The SMILES string of the molecule is CCC12CCCN1CCC2.NCc1ccccc1. The normalized spacial score (nSPS) is 21.2. The lowest BCUT2D eigenvalue weighted by molar-refractivity contribution is 0.189. The van der Waals surface area contributed by atoms with Gasteiger partial charge in [0.05, 0.1) is 0 Å². The van der Waals surface area contributed by atoms with Crippen LogP contribution in [0.2, 0.25) is 0 Å². The Morgan fingerprint density at radius 2 is 1.72 bits per heavy atom. The van der Waals surface area contributed by atoms with Gasteiger partial charge in [-0.3, -0.25) is 4.90 Å². The van der Waals surface area contributed by atoms with E-state index in [1.165, 1.54) is 50.8 Å².